The van der Waals surface area contributed by atoms with Gasteiger partial charge in [0.1, 0.15) is 0 Å². The van der Waals surface area contributed by atoms with Crippen molar-refractivity contribution in [3.63, 3.8) is 0 Å². The van der Waals surface area contributed by atoms with E-state index in [0.29, 0.717) is 5.56 Å². The van der Waals surface area contributed by atoms with Crippen molar-refractivity contribution in [2.75, 3.05) is 6.54 Å². The molecule has 3 heteroatoms. The van der Waals surface area contributed by atoms with Crippen molar-refractivity contribution >= 4 is 5.91 Å². The fourth-order valence-electron chi connectivity index (χ4n) is 2.81. The minimum Gasteiger partial charge on any atom is -0.332 e. The summed E-state index contributed by atoms with van der Waals surface area (Å²) in [6.07, 6.45) is 10.7. The van der Waals surface area contributed by atoms with Crippen molar-refractivity contribution in [3.05, 3.63) is 65.5 Å². The van der Waals surface area contributed by atoms with Crippen LogP contribution in [0.15, 0.2) is 48.8 Å². The molecule has 0 radical (unpaired) electrons. The predicted octanol–water partition coefficient (Wildman–Crippen LogP) is 3.04. The molecule has 2 heterocycles. The number of amides is 1. The molecular weight excluding hydrogens is 260 g/mol. The molecule has 1 unspecified atom stereocenters. The Morgan fingerprint density at radius 3 is 2.76 bits per heavy atom. The second kappa shape index (κ2) is 5.80. The lowest BCUT2D eigenvalue weighted by Crippen LogP contribution is -2.30. The van der Waals surface area contributed by atoms with Crippen molar-refractivity contribution < 1.29 is 4.79 Å². The summed E-state index contributed by atoms with van der Waals surface area (Å²) in [6.45, 7) is 0.787. The van der Waals surface area contributed by atoms with E-state index in [0.717, 1.165) is 30.5 Å². The Hall–Kier alpha value is -2.60. The normalized spacial score (nSPS) is 17.5. The highest BCUT2D eigenvalue weighted by Crippen LogP contribution is 2.33. The number of pyridine rings is 1. The Labute approximate surface area is 124 Å². The molecule has 21 heavy (non-hydrogen) atoms. The summed E-state index contributed by atoms with van der Waals surface area (Å²) in [5.41, 5.74) is 2.65. The lowest BCUT2D eigenvalue weighted by molar-refractivity contribution is 0.0735. The Bertz CT molecular complexity index is 671. The molecule has 3 nitrogen and oxygen atoms in total. The summed E-state index contributed by atoms with van der Waals surface area (Å²) in [5, 5.41) is 0. The van der Waals surface area contributed by atoms with Gasteiger partial charge in [-0.25, -0.2) is 0 Å². The Kier molecular flexibility index (Phi) is 3.70. The molecular formula is C18H16N2O. The Morgan fingerprint density at radius 1 is 1.29 bits per heavy atom. The van der Waals surface area contributed by atoms with Gasteiger partial charge in [0.05, 0.1) is 11.6 Å². The zero-order valence-corrected chi connectivity index (χ0v) is 11.7. The topological polar surface area (TPSA) is 33.2 Å². The van der Waals surface area contributed by atoms with Crippen molar-refractivity contribution in [1.29, 1.82) is 0 Å². The van der Waals surface area contributed by atoms with E-state index in [1.54, 1.807) is 18.5 Å². The first kappa shape index (κ1) is 13.4. The third-order valence-corrected chi connectivity index (χ3v) is 3.88. The zero-order valence-electron chi connectivity index (χ0n) is 11.7. The quantitative estimate of drug-likeness (QED) is 0.790. The van der Waals surface area contributed by atoms with Gasteiger partial charge in [0, 0.05) is 24.5 Å². The van der Waals surface area contributed by atoms with Crippen molar-refractivity contribution in [1.82, 2.24) is 9.88 Å². The number of nitrogens with zero attached hydrogens (tertiary/aromatic N) is 2. The predicted molar refractivity (Wildman–Crippen MR) is 81.6 cm³/mol. The first-order valence-corrected chi connectivity index (χ1v) is 7.07. The highest BCUT2D eigenvalue weighted by Gasteiger charge is 2.30. The van der Waals surface area contributed by atoms with Gasteiger partial charge in [-0.3, -0.25) is 9.78 Å². The monoisotopic (exact) mass is 276 g/mol. The molecule has 104 valence electrons. The van der Waals surface area contributed by atoms with Gasteiger partial charge in [0.15, 0.2) is 0 Å². The molecule has 1 atom stereocenters. The molecule has 0 N–H and O–H groups in total. The number of aromatic nitrogens is 1. The van der Waals surface area contributed by atoms with E-state index in [4.69, 9.17) is 6.42 Å². The molecule has 1 aromatic heterocycles. The molecule has 1 amide bonds. The number of likely N-dealkylation sites (tertiary alicyclic amines) is 1. The summed E-state index contributed by atoms with van der Waals surface area (Å²) in [4.78, 5) is 18.6. The maximum atomic E-state index is 12.6. The van der Waals surface area contributed by atoms with Crippen molar-refractivity contribution in [2.24, 2.45) is 0 Å². The first-order valence-electron chi connectivity index (χ1n) is 7.07. The van der Waals surface area contributed by atoms with Crippen LogP contribution in [0.1, 0.15) is 40.4 Å². The van der Waals surface area contributed by atoms with E-state index >= 15 is 0 Å². The number of carbonyl (C=O) groups excluding carboxylic acids is 1. The summed E-state index contributed by atoms with van der Waals surface area (Å²) < 4.78 is 0. The van der Waals surface area contributed by atoms with Crippen LogP contribution >= 0.6 is 0 Å². The molecule has 3 rings (SSSR count). The van der Waals surface area contributed by atoms with Crippen LogP contribution in [0.4, 0.5) is 0 Å². The summed E-state index contributed by atoms with van der Waals surface area (Å²) in [7, 11) is 0. The number of terminal acetylenes is 1. The molecule has 1 saturated heterocycles. The molecule has 2 aromatic rings. The van der Waals surface area contributed by atoms with Gasteiger partial charge in [-0.05, 0) is 42.7 Å². The van der Waals surface area contributed by atoms with Crippen LogP contribution in [0, 0.1) is 12.3 Å². The molecule has 1 aliphatic rings. The standard InChI is InChI=1S/C18H16N2O/c1-2-14-7-9-15(10-8-14)17-6-4-12-20(17)18(21)16-5-3-11-19-13-16/h1,3,5,7-11,13,17H,4,6,12H2. The van der Waals surface area contributed by atoms with E-state index in [1.165, 1.54) is 0 Å². The van der Waals surface area contributed by atoms with Crippen LogP contribution in [0.2, 0.25) is 0 Å². The third kappa shape index (κ3) is 2.66. The van der Waals surface area contributed by atoms with Gasteiger partial charge in [0.25, 0.3) is 5.91 Å². The highest BCUT2D eigenvalue weighted by atomic mass is 16.2. The van der Waals surface area contributed by atoms with E-state index in [1.807, 2.05) is 35.2 Å². The number of carbonyl (C=O) groups is 1. The molecule has 0 bridgehead atoms. The highest BCUT2D eigenvalue weighted by molar-refractivity contribution is 5.94. The second-order valence-electron chi connectivity index (χ2n) is 5.16. The van der Waals surface area contributed by atoms with Crippen LogP contribution < -0.4 is 0 Å². The van der Waals surface area contributed by atoms with Crippen molar-refractivity contribution in [2.45, 2.75) is 18.9 Å². The third-order valence-electron chi connectivity index (χ3n) is 3.88. The minimum atomic E-state index is 0.0478. The number of hydrogen-bond donors (Lipinski definition) is 0. The smallest absolute Gasteiger partial charge is 0.255 e. The van der Waals surface area contributed by atoms with Gasteiger partial charge in [-0.2, -0.15) is 0 Å². The molecule has 1 fully saturated rings. The number of hydrogen-bond acceptors (Lipinski definition) is 2. The van der Waals surface area contributed by atoms with Gasteiger partial charge in [-0.1, -0.05) is 18.1 Å². The van der Waals surface area contributed by atoms with E-state index in [2.05, 4.69) is 10.9 Å². The second-order valence-corrected chi connectivity index (χ2v) is 5.16. The molecule has 1 aliphatic heterocycles. The van der Waals surface area contributed by atoms with E-state index in [-0.39, 0.29) is 11.9 Å². The van der Waals surface area contributed by atoms with Crippen molar-refractivity contribution in [3.8, 4) is 12.3 Å². The van der Waals surface area contributed by atoms with Gasteiger partial charge in [-0.15, -0.1) is 6.42 Å². The minimum absolute atomic E-state index is 0.0478. The number of benzene rings is 1. The van der Waals surface area contributed by atoms with E-state index in [9.17, 15) is 4.79 Å². The van der Waals surface area contributed by atoms with E-state index < -0.39 is 0 Å². The average Bonchev–Trinajstić information content (AvgIpc) is 3.04. The molecule has 0 spiro atoms. The molecule has 0 aliphatic carbocycles. The SMILES string of the molecule is C#Cc1ccc(C2CCCN2C(=O)c2cccnc2)cc1. The fourth-order valence-corrected chi connectivity index (χ4v) is 2.81. The Balaban J connectivity index is 1.85. The maximum Gasteiger partial charge on any atom is 0.255 e. The lowest BCUT2D eigenvalue weighted by atomic mass is 10.0. The van der Waals surface area contributed by atoms with Crippen LogP contribution in [0.3, 0.4) is 0 Å². The zero-order chi connectivity index (χ0) is 14.7. The fraction of sp³-hybridized carbons (Fsp3) is 0.222. The first-order chi connectivity index (χ1) is 10.3. The summed E-state index contributed by atoms with van der Waals surface area (Å²) in [5.74, 6) is 2.66. The van der Waals surface area contributed by atoms with Crippen LogP contribution in [0.25, 0.3) is 0 Å². The van der Waals surface area contributed by atoms with Gasteiger partial charge < -0.3 is 4.90 Å². The average molecular weight is 276 g/mol. The number of rotatable bonds is 2. The summed E-state index contributed by atoms with van der Waals surface area (Å²) in [6, 6.07) is 11.6. The molecule has 1 aromatic carbocycles. The van der Waals surface area contributed by atoms with Gasteiger partial charge >= 0.3 is 0 Å². The lowest BCUT2D eigenvalue weighted by Gasteiger charge is -2.25. The van der Waals surface area contributed by atoms with Crippen LogP contribution in [-0.4, -0.2) is 22.3 Å². The van der Waals surface area contributed by atoms with Gasteiger partial charge in [0.2, 0.25) is 0 Å². The summed E-state index contributed by atoms with van der Waals surface area (Å²) >= 11 is 0. The maximum absolute atomic E-state index is 12.6. The Morgan fingerprint density at radius 2 is 2.10 bits per heavy atom. The largest absolute Gasteiger partial charge is 0.332 e. The van der Waals surface area contributed by atoms with Crippen LogP contribution in [-0.2, 0) is 0 Å². The molecule has 0 saturated carbocycles. The van der Waals surface area contributed by atoms with Crippen LogP contribution in [0.5, 0.6) is 0 Å².